The fourth-order valence-electron chi connectivity index (χ4n) is 4.26. The first kappa shape index (κ1) is 31.7. The van der Waals surface area contributed by atoms with E-state index in [0.29, 0.717) is 18.8 Å². The molecule has 3 atom stereocenters. The van der Waals surface area contributed by atoms with E-state index in [0.717, 1.165) is 31.0 Å². The number of amides is 1. The number of aliphatic hydroxyl groups excluding tert-OH is 1. The van der Waals surface area contributed by atoms with Crippen molar-refractivity contribution in [2.45, 2.75) is 96.2 Å². The first-order valence-corrected chi connectivity index (χ1v) is 21.7. The second-order valence-electron chi connectivity index (χ2n) is 11.3. The normalized spacial score (nSPS) is 21.6. The molecule has 0 bridgehead atoms. The van der Waals surface area contributed by atoms with Gasteiger partial charge in [0.25, 0.3) is 0 Å². The van der Waals surface area contributed by atoms with Crippen LogP contribution in [-0.4, -0.2) is 74.0 Å². The first-order valence-electron chi connectivity index (χ1n) is 12.3. The van der Waals surface area contributed by atoms with E-state index in [-0.39, 0.29) is 13.0 Å². The fourth-order valence-corrected chi connectivity index (χ4v) is 16.9. The van der Waals surface area contributed by atoms with Crippen molar-refractivity contribution in [3.63, 3.8) is 0 Å². The van der Waals surface area contributed by atoms with Crippen LogP contribution < -0.4 is 5.32 Å². The van der Waals surface area contributed by atoms with E-state index < -0.39 is 55.2 Å². The second kappa shape index (κ2) is 13.8. The molecule has 2 N–H and O–H groups in total. The molecule has 1 rings (SSSR count). The summed E-state index contributed by atoms with van der Waals surface area (Å²) >= 11 is 0. The Balaban J connectivity index is 2.58. The molecule has 0 aliphatic heterocycles. The maximum absolute atomic E-state index is 12.3. The number of esters is 2. The minimum absolute atomic E-state index is 0.0230. The topological polar surface area (TPSA) is 120 Å². The highest BCUT2D eigenvalue weighted by Crippen LogP contribution is 2.34. The van der Waals surface area contributed by atoms with Crippen molar-refractivity contribution in [2.24, 2.45) is 5.92 Å². The third kappa shape index (κ3) is 14.1. The first-order chi connectivity index (χ1) is 16.0. The van der Waals surface area contributed by atoms with E-state index in [4.69, 9.17) is 13.0 Å². The van der Waals surface area contributed by atoms with E-state index in [1.807, 2.05) is 0 Å². The van der Waals surface area contributed by atoms with Gasteiger partial charge >= 0.3 is 20.5 Å². The Bertz CT molecular complexity index is 732. The maximum Gasteiger partial charge on any atom is 0.330 e. The van der Waals surface area contributed by atoms with Crippen LogP contribution in [0.25, 0.3) is 0 Å². The average Bonchev–Trinajstić information content (AvgIpc) is 2.69. The zero-order chi connectivity index (χ0) is 26.9. The average molecular weight is 548 g/mol. The summed E-state index contributed by atoms with van der Waals surface area (Å²) in [6.07, 6.45) is 3.76. The lowest BCUT2D eigenvalue weighted by molar-refractivity contribution is -0.159. The van der Waals surface area contributed by atoms with E-state index in [1.165, 1.54) is 7.11 Å². The van der Waals surface area contributed by atoms with Crippen LogP contribution in [0.3, 0.4) is 0 Å². The fraction of sp³-hybridized carbons (Fsp3) is 0.783. The van der Waals surface area contributed by atoms with E-state index in [9.17, 15) is 19.5 Å². The molecule has 1 saturated carbocycles. The summed E-state index contributed by atoms with van der Waals surface area (Å²) in [5.74, 6) is -1.30. The molecule has 3 unspecified atom stereocenters. The minimum Gasteiger partial charge on any atom is -0.466 e. The monoisotopic (exact) mass is 547 g/mol. The van der Waals surface area contributed by atoms with Crippen molar-refractivity contribution < 1.29 is 37.2 Å². The largest absolute Gasteiger partial charge is 0.466 e. The van der Waals surface area contributed by atoms with Crippen molar-refractivity contribution in [1.29, 1.82) is 0 Å². The van der Waals surface area contributed by atoms with Gasteiger partial charge in [-0.3, -0.25) is 9.59 Å². The van der Waals surface area contributed by atoms with Crippen molar-refractivity contribution in [1.82, 2.24) is 5.32 Å². The van der Waals surface area contributed by atoms with Crippen LogP contribution in [0.1, 0.15) is 32.1 Å². The van der Waals surface area contributed by atoms with Crippen molar-refractivity contribution in [2.75, 3.05) is 13.7 Å². The molecule has 0 radical (unpaired) electrons. The number of methoxy groups -OCH3 is 1. The highest BCUT2D eigenvalue weighted by molar-refractivity contribution is 6.87. The molecule has 0 heterocycles. The van der Waals surface area contributed by atoms with Crippen LogP contribution >= 0.6 is 0 Å². The Kier molecular flexibility index (Phi) is 12.5. The van der Waals surface area contributed by atoms with Gasteiger partial charge in [0.15, 0.2) is 16.6 Å². The zero-order valence-corrected chi connectivity index (χ0v) is 25.6. The highest BCUT2D eigenvalue weighted by atomic mass is 28.5. The quantitative estimate of drug-likeness (QED) is 0.204. The van der Waals surface area contributed by atoms with Crippen molar-refractivity contribution >= 4 is 43.0 Å². The maximum atomic E-state index is 12.3. The molecular formula is C23H45NO8Si3. The van der Waals surface area contributed by atoms with Crippen LogP contribution in [0.15, 0.2) is 12.2 Å². The molecule has 0 spiro atoms. The van der Waals surface area contributed by atoms with Crippen molar-refractivity contribution in [3.8, 4) is 0 Å². The molecular weight excluding hydrogens is 503 g/mol. The van der Waals surface area contributed by atoms with Gasteiger partial charge in [0, 0.05) is 18.7 Å². The Labute approximate surface area is 213 Å². The van der Waals surface area contributed by atoms with Gasteiger partial charge in [-0.05, 0) is 83.5 Å². The number of carbonyl (C=O) groups excluding carboxylic acids is 3. The lowest BCUT2D eigenvalue weighted by Gasteiger charge is -2.40. The van der Waals surface area contributed by atoms with Crippen molar-refractivity contribution in [3.05, 3.63) is 12.2 Å². The predicted octanol–water partition coefficient (Wildman–Crippen LogP) is 3.46. The summed E-state index contributed by atoms with van der Waals surface area (Å²) in [6.45, 7) is 15.4. The van der Waals surface area contributed by atoms with Gasteiger partial charge in [-0.1, -0.05) is 0 Å². The van der Waals surface area contributed by atoms with Gasteiger partial charge in [0.1, 0.15) is 6.10 Å². The number of carbonyl (C=O) groups is 3. The van der Waals surface area contributed by atoms with Gasteiger partial charge in [-0.15, -0.1) is 0 Å². The number of hydrogen-bond donors (Lipinski definition) is 2. The standard InChI is InChI=1S/C23H45NO8Si3/c1-29-22(27)12-11-21(26)24-15-13-23(28)30-20-17-18(9-10-19(20)25)14-16-35(8,31-33(2,3)4)32-34(5,6)7/h11-12,18-20,25H,9-10,13-17H2,1-8H3,(H,24,26). The number of ether oxygens (including phenoxy) is 2. The Hall–Kier alpha value is -1.32. The molecule has 35 heavy (non-hydrogen) atoms. The zero-order valence-electron chi connectivity index (χ0n) is 22.6. The van der Waals surface area contributed by atoms with E-state index in [1.54, 1.807) is 0 Å². The number of nitrogens with one attached hydrogen (secondary N) is 1. The van der Waals surface area contributed by atoms with Crippen LogP contribution in [0.2, 0.25) is 51.9 Å². The summed E-state index contributed by atoms with van der Waals surface area (Å²) in [5, 5.41) is 12.9. The Morgan fingerprint density at radius 1 is 0.971 bits per heavy atom. The molecule has 12 heteroatoms. The number of hydrogen-bond acceptors (Lipinski definition) is 8. The number of rotatable bonds is 13. The van der Waals surface area contributed by atoms with Crippen LogP contribution in [0, 0.1) is 5.92 Å². The molecule has 0 aromatic heterocycles. The molecule has 1 aliphatic carbocycles. The minimum atomic E-state index is -2.34. The summed E-state index contributed by atoms with van der Waals surface area (Å²) in [7, 11) is -4.66. The van der Waals surface area contributed by atoms with Crippen LogP contribution in [0.5, 0.6) is 0 Å². The highest BCUT2D eigenvalue weighted by Gasteiger charge is 2.41. The van der Waals surface area contributed by atoms with Gasteiger partial charge in [-0.2, -0.15) is 0 Å². The SMILES string of the molecule is COC(=O)C=CC(=O)NCCC(=O)OC1CC(CC[Si](C)(O[Si](C)(C)C)O[Si](C)(C)C)CCC1O. The molecule has 1 amide bonds. The van der Waals surface area contributed by atoms with Crippen LogP contribution in [-0.2, 0) is 32.1 Å². The Morgan fingerprint density at radius 2 is 1.57 bits per heavy atom. The molecule has 0 saturated heterocycles. The molecule has 202 valence electrons. The number of aliphatic hydroxyl groups is 1. The predicted molar refractivity (Wildman–Crippen MR) is 142 cm³/mol. The smallest absolute Gasteiger partial charge is 0.330 e. The van der Waals surface area contributed by atoms with E-state index in [2.05, 4.69) is 55.9 Å². The third-order valence-electron chi connectivity index (χ3n) is 5.40. The molecule has 1 aliphatic rings. The Morgan fingerprint density at radius 3 is 2.11 bits per heavy atom. The van der Waals surface area contributed by atoms with E-state index >= 15 is 0 Å². The summed E-state index contributed by atoms with van der Waals surface area (Å²) < 4.78 is 23.2. The molecule has 1 fully saturated rings. The van der Waals surface area contributed by atoms with Gasteiger partial charge < -0.3 is 28.1 Å². The lowest BCUT2D eigenvalue weighted by atomic mass is 9.84. The van der Waals surface area contributed by atoms with Gasteiger partial charge in [0.2, 0.25) is 5.91 Å². The van der Waals surface area contributed by atoms with Gasteiger partial charge in [0.05, 0.1) is 19.6 Å². The molecule has 0 aromatic carbocycles. The lowest BCUT2D eigenvalue weighted by Crippen LogP contribution is -2.52. The summed E-state index contributed by atoms with van der Waals surface area (Å²) in [6, 6.07) is 0.883. The van der Waals surface area contributed by atoms with Gasteiger partial charge in [-0.25, -0.2) is 4.79 Å². The third-order valence-corrected chi connectivity index (χ3v) is 14.9. The summed E-state index contributed by atoms with van der Waals surface area (Å²) in [5.41, 5.74) is 0. The molecule has 9 nitrogen and oxygen atoms in total. The molecule has 0 aromatic rings. The van der Waals surface area contributed by atoms with Crippen LogP contribution in [0.4, 0.5) is 0 Å². The second-order valence-corrected chi connectivity index (χ2v) is 24.1. The summed E-state index contributed by atoms with van der Waals surface area (Å²) in [4.78, 5) is 34.9.